The highest BCUT2D eigenvalue weighted by atomic mass is 127. The number of nitrogens with one attached hydrogen (secondary N) is 2. The number of ether oxygens (including phenoxy) is 1. The number of rotatable bonds is 8. The first kappa shape index (κ1) is 24.5. The van der Waals surface area contributed by atoms with Crippen molar-refractivity contribution in [3.8, 4) is 0 Å². The summed E-state index contributed by atoms with van der Waals surface area (Å²) in [6, 6.07) is 0.298. The van der Waals surface area contributed by atoms with Crippen molar-refractivity contribution in [2.24, 2.45) is 10.9 Å². The second-order valence-electron chi connectivity index (χ2n) is 7.78. The summed E-state index contributed by atoms with van der Waals surface area (Å²) >= 11 is 0. The number of nitrogens with zero attached hydrogens (tertiary/aromatic N) is 2. The van der Waals surface area contributed by atoms with Crippen molar-refractivity contribution in [1.82, 2.24) is 15.5 Å². The molecule has 0 bridgehead atoms. The van der Waals surface area contributed by atoms with E-state index >= 15 is 0 Å². The second kappa shape index (κ2) is 13.6. The van der Waals surface area contributed by atoms with Crippen LogP contribution in [-0.4, -0.2) is 61.7 Å². The number of hydrogen-bond acceptors (Lipinski definition) is 3. The minimum Gasteiger partial charge on any atom is -0.379 e. The Morgan fingerprint density at radius 1 is 1.22 bits per heavy atom. The maximum Gasteiger partial charge on any atom is 0.225 e. The van der Waals surface area contributed by atoms with Crippen LogP contribution < -0.4 is 10.6 Å². The van der Waals surface area contributed by atoms with Crippen LogP contribution in [0.15, 0.2) is 4.99 Å². The van der Waals surface area contributed by atoms with Crippen molar-refractivity contribution in [3.63, 3.8) is 0 Å². The summed E-state index contributed by atoms with van der Waals surface area (Å²) in [4.78, 5) is 19.4. The highest BCUT2D eigenvalue weighted by Gasteiger charge is 2.31. The average Bonchev–Trinajstić information content (AvgIpc) is 3.10. The van der Waals surface area contributed by atoms with E-state index in [2.05, 4.69) is 41.3 Å². The molecule has 1 atom stereocenters. The first-order valence-electron chi connectivity index (χ1n) is 10.6. The van der Waals surface area contributed by atoms with E-state index in [0.29, 0.717) is 11.9 Å². The molecule has 0 aromatic rings. The van der Waals surface area contributed by atoms with Gasteiger partial charge in [0.2, 0.25) is 5.91 Å². The molecule has 0 spiro atoms. The monoisotopic (exact) mass is 494 g/mol. The number of carbonyl (C=O) groups is 1. The van der Waals surface area contributed by atoms with E-state index in [1.54, 1.807) is 0 Å². The van der Waals surface area contributed by atoms with Gasteiger partial charge in [0, 0.05) is 44.7 Å². The minimum atomic E-state index is 0. The molecule has 2 N–H and O–H groups in total. The predicted molar refractivity (Wildman–Crippen MR) is 122 cm³/mol. The Balaban J connectivity index is 0.00000364. The van der Waals surface area contributed by atoms with Gasteiger partial charge in [0.15, 0.2) is 5.96 Å². The van der Waals surface area contributed by atoms with Crippen LogP contribution in [0.4, 0.5) is 0 Å². The predicted octanol–water partition coefficient (Wildman–Crippen LogP) is 3.16. The van der Waals surface area contributed by atoms with Crippen molar-refractivity contribution < 1.29 is 9.53 Å². The number of guanidine groups is 1. The average molecular weight is 494 g/mol. The zero-order valence-electron chi connectivity index (χ0n) is 17.3. The van der Waals surface area contributed by atoms with E-state index in [-0.39, 0.29) is 36.0 Å². The van der Waals surface area contributed by atoms with Crippen LogP contribution in [-0.2, 0) is 9.53 Å². The molecule has 7 heteroatoms. The van der Waals surface area contributed by atoms with Gasteiger partial charge in [-0.1, -0.05) is 19.3 Å². The van der Waals surface area contributed by atoms with Crippen LogP contribution in [0.1, 0.15) is 65.7 Å². The lowest BCUT2D eigenvalue weighted by Gasteiger charge is -2.26. The van der Waals surface area contributed by atoms with E-state index in [9.17, 15) is 4.79 Å². The van der Waals surface area contributed by atoms with Crippen molar-refractivity contribution in [3.05, 3.63) is 0 Å². The van der Waals surface area contributed by atoms with Crippen LogP contribution in [0, 0.1) is 5.92 Å². The van der Waals surface area contributed by atoms with Crippen LogP contribution in [0.2, 0.25) is 0 Å². The molecule has 1 aliphatic carbocycles. The fraction of sp³-hybridized carbons (Fsp3) is 0.900. The second-order valence-corrected chi connectivity index (χ2v) is 7.78. The number of halogens is 1. The quantitative estimate of drug-likeness (QED) is 0.236. The van der Waals surface area contributed by atoms with Gasteiger partial charge in [-0.05, 0) is 46.5 Å². The third-order valence-electron chi connectivity index (χ3n) is 5.16. The molecule has 1 saturated heterocycles. The largest absolute Gasteiger partial charge is 0.379 e. The van der Waals surface area contributed by atoms with Gasteiger partial charge in [0.05, 0.1) is 6.10 Å². The van der Waals surface area contributed by atoms with Gasteiger partial charge in [-0.15, -0.1) is 24.0 Å². The first-order chi connectivity index (χ1) is 12.6. The van der Waals surface area contributed by atoms with Gasteiger partial charge in [-0.2, -0.15) is 0 Å². The molecular formula is C20H39IN4O2. The summed E-state index contributed by atoms with van der Waals surface area (Å²) in [5.41, 5.74) is 0. The SMILES string of the molecule is CCNC(=NCCCOC(C)C)NC1CCN(C(=O)C2CCCCC2)C1.I. The molecule has 27 heavy (non-hydrogen) atoms. The van der Waals surface area contributed by atoms with E-state index in [1.807, 2.05) is 0 Å². The number of likely N-dealkylation sites (tertiary alicyclic amines) is 1. The normalized spacial score (nSPS) is 21.3. The van der Waals surface area contributed by atoms with Crippen molar-refractivity contribution in [2.75, 3.05) is 32.8 Å². The Morgan fingerprint density at radius 3 is 2.63 bits per heavy atom. The molecule has 1 unspecified atom stereocenters. The summed E-state index contributed by atoms with van der Waals surface area (Å²) < 4.78 is 5.56. The molecule has 2 fully saturated rings. The fourth-order valence-electron chi connectivity index (χ4n) is 3.77. The van der Waals surface area contributed by atoms with Gasteiger partial charge in [0.25, 0.3) is 0 Å². The topological polar surface area (TPSA) is 66.0 Å². The summed E-state index contributed by atoms with van der Waals surface area (Å²) in [6.45, 7) is 10.2. The van der Waals surface area contributed by atoms with Crippen LogP contribution in [0.5, 0.6) is 0 Å². The molecule has 2 rings (SSSR count). The lowest BCUT2D eigenvalue weighted by atomic mass is 9.88. The van der Waals surface area contributed by atoms with Crippen molar-refractivity contribution in [2.45, 2.75) is 77.9 Å². The summed E-state index contributed by atoms with van der Waals surface area (Å²) in [6.07, 6.45) is 8.07. The van der Waals surface area contributed by atoms with Gasteiger partial charge in [-0.25, -0.2) is 0 Å². The number of hydrogen-bond donors (Lipinski definition) is 2. The summed E-state index contributed by atoms with van der Waals surface area (Å²) in [5, 5.41) is 6.82. The Labute approximate surface area is 182 Å². The summed E-state index contributed by atoms with van der Waals surface area (Å²) in [7, 11) is 0. The number of aliphatic imine (C=N–C) groups is 1. The number of carbonyl (C=O) groups excluding carboxylic acids is 1. The Hall–Kier alpha value is -0.570. The van der Waals surface area contributed by atoms with E-state index in [0.717, 1.165) is 64.4 Å². The Morgan fingerprint density at radius 2 is 1.96 bits per heavy atom. The van der Waals surface area contributed by atoms with Gasteiger partial charge in [0.1, 0.15) is 0 Å². The summed E-state index contributed by atoms with van der Waals surface area (Å²) in [5.74, 6) is 1.50. The third-order valence-corrected chi connectivity index (χ3v) is 5.16. The van der Waals surface area contributed by atoms with Crippen molar-refractivity contribution in [1.29, 1.82) is 0 Å². The maximum atomic E-state index is 12.7. The highest BCUT2D eigenvalue weighted by Crippen LogP contribution is 2.26. The first-order valence-corrected chi connectivity index (χ1v) is 10.6. The Kier molecular flexibility index (Phi) is 12.3. The molecule has 1 amide bonds. The van der Waals surface area contributed by atoms with E-state index in [1.165, 1.54) is 19.3 Å². The Bertz CT molecular complexity index is 453. The molecule has 2 aliphatic rings. The molecule has 0 radical (unpaired) electrons. The molecule has 1 heterocycles. The molecule has 6 nitrogen and oxygen atoms in total. The fourth-order valence-corrected chi connectivity index (χ4v) is 3.77. The van der Waals surface area contributed by atoms with Gasteiger partial charge >= 0.3 is 0 Å². The van der Waals surface area contributed by atoms with Gasteiger partial charge in [-0.3, -0.25) is 9.79 Å². The lowest BCUT2D eigenvalue weighted by molar-refractivity contribution is -0.135. The minimum absolute atomic E-state index is 0. The van der Waals surface area contributed by atoms with Crippen molar-refractivity contribution >= 4 is 35.8 Å². The molecule has 158 valence electrons. The van der Waals surface area contributed by atoms with Crippen LogP contribution in [0.3, 0.4) is 0 Å². The van der Waals surface area contributed by atoms with E-state index < -0.39 is 0 Å². The smallest absolute Gasteiger partial charge is 0.225 e. The zero-order valence-corrected chi connectivity index (χ0v) is 19.7. The van der Waals surface area contributed by atoms with E-state index in [4.69, 9.17) is 4.74 Å². The molecular weight excluding hydrogens is 455 g/mol. The molecule has 1 saturated carbocycles. The molecule has 0 aromatic heterocycles. The maximum absolute atomic E-state index is 12.7. The van der Waals surface area contributed by atoms with Gasteiger partial charge < -0.3 is 20.3 Å². The third kappa shape index (κ3) is 8.98. The standard InChI is InChI=1S/C20H38N4O2.HI/c1-4-21-20(22-12-8-14-26-16(2)3)23-18-11-13-24(15-18)19(25)17-9-6-5-7-10-17;/h16-18H,4-15H2,1-3H3,(H2,21,22,23);1H. The number of amides is 1. The zero-order chi connectivity index (χ0) is 18.8. The highest BCUT2D eigenvalue weighted by molar-refractivity contribution is 14.0. The van der Waals surface area contributed by atoms with Crippen LogP contribution in [0.25, 0.3) is 0 Å². The molecule has 0 aromatic carbocycles. The lowest BCUT2D eigenvalue weighted by Crippen LogP contribution is -2.45. The molecule has 1 aliphatic heterocycles. The van der Waals surface area contributed by atoms with Crippen LogP contribution >= 0.6 is 24.0 Å².